The van der Waals surface area contributed by atoms with Crippen LogP contribution in [0.3, 0.4) is 0 Å². The van der Waals surface area contributed by atoms with E-state index >= 15 is 0 Å². The van der Waals surface area contributed by atoms with E-state index in [1.165, 1.54) is 51.4 Å². The predicted octanol–water partition coefficient (Wildman–Crippen LogP) is 7.91. The highest BCUT2D eigenvalue weighted by Crippen LogP contribution is 2.51. The molecule has 1 nitrogen and oxygen atoms in total. The molecule has 0 rings (SSSR count). The molecule has 24 heavy (non-hydrogen) atoms. The molecule has 0 bridgehead atoms. The highest BCUT2D eigenvalue weighted by Gasteiger charge is 2.56. The third kappa shape index (κ3) is 4.97. The molecule has 1 radical (unpaired) electrons. The summed E-state index contributed by atoms with van der Waals surface area (Å²) in [6.45, 7) is 19.5. The van der Waals surface area contributed by atoms with Crippen LogP contribution in [0.25, 0.3) is 0 Å². The Morgan fingerprint density at radius 2 is 0.875 bits per heavy atom. The largest absolute Gasteiger partial charge is 0.422 e. The fraction of sp³-hybridized carbons (Fsp3) is 1.00. The Kier molecular flexibility index (Phi) is 12.9. The van der Waals surface area contributed by atoms with Crippen molar-refractivity contribution in [2.24, 2.45) is 0 Å². The normalized spacial score (nSPS) is 13.2. The fourth-order valence-electron chi connectivity index (χ4n) is 5.47. The van der Waals surface area contributed by atoms with Crippen LogP contribution in [0.1, 0.15) is 107 Å². The molecule has 145 valence electrons. The minimum absolute atomic E-state index is 0.503. The average Bonchev–Trinajstić information content (AvgIpc) is 2.62. The molecule has 0 aromatic rings. The van der Waals surface area contributed by atoms with Crippen LogP contribution in [0.15, 0.2) is 0 Å². The van der Waals surface area contributed by atoms with E-state index in [0.29, 0.717) is 0 Å². The van der Waals surface area contributed by atoms with Crippen LogP contribution in [0.2, 0.25) is 22.2 Å². The van der Waals surface area contributed by atoms with Gasteiger partial charge in [0.15, 0.2) is 7.83 Å². The van der Waals surface area contributed by atoms with Gasteiger partial charge in [-0.25, -0.2) is 0 Å². The maximum atomic E-state index is 6.84. The van der Waals surface area contributed by atoms with Crippen LogP contribution in [-0.2, 0) is 4.43 Å². The predicted molar refractivity (Wildman–Crippen MR) is 116 cm³/mol. The molecule has 0 aliphatic heterocycles. The second-order valence-corrected chi connectivity index (χ2v) is 17.8. The standard InChI is InChI=1S/C21H47OSi2/c1-10-18(11-2)23(19(12-3)13-4)24(22-9,20(14-5)15-6)21(16-7)17-8/h18-21H,10-17H2,1-9H3. The minimum Gasteiger partial charge on any atom is -0.422 e. The first-order valence-corrected chi connectivity index (χ1v) is 15.7. The number of rotatable bonds is 14. The zero-order chi connectivity index (χ0) is 18.8. The Morgan fingerprint density at radius 1 is 0.583 bits per heavy atom. The summed E-state index contributed by atoms with van der Waals surface area (Å²) in [4.78, 5) is 0. The third-order valence-electron chi connectivity index (χ3n) is 6.82. The zero-order valence-electron chi connectivity index (χ0n) is 18.4. The van der Waals surface area contributed by atoms with Crippen LogP contribution < -0.4 is 0 Å². The molecule has 0 aromatic carbocycles. The lowest BCUT2D eigenvalue weighted by atomic mass is 10.2. The van der Waals surface area contributed by atoms with Gasteiger partial charge in [-0.15, -0.1) is 0 Å². The molecule has 0 spiro atoms. The summed E-state index contributed by atoms with van der Waals surface area (Å²) < 4.78 is 6.84. The molecule has 0 amide bonds. The molecule has 0 fully saturated rings. The molecule has 3 heteroatoms. The SMILES string of the molecule is CCC(CC)[Si](C(CC)CC)[Si](OC)(C(CC)CC)C(CC)CC. The van der Waals surface area contributed by atoms with Gasteiger partial charge in [0.25, 0.3) is 0 Å². The van der Waals surface area contributed by atoms with E-state index in [0.717, 1.165) is 22.2 Å². The second kappa shape index (κ2) is 12.7. The lowest BCUT2D eigenvalue weighted by Crippen LogP contribution is -2.63. The van der Waals surface area contributed by atoms with Crippen molar-refractivity contribution in [3.63, 3.8) is 0 Å². The Balaban J connectivity index is 6.41. The van der Waals surface area contributed by atoms with Gasteiger partial charge in [-0.05, 0) is 22.2 Å². The monoisotopic (exact) mass is 371 g/mol. The molecule has 0 heterocycles. The Labute approximate surface area is 156 Å². The number of hydrogen-bond donors (Lipinski definition) is 0. The summed E-state index contributed by atoms with van der Waals surface area (Å²) in [5.74, 6) is 0. The van der Waals surface area contributed by atoms with Crippen LogP contribution in [0.4, 0.5) is 0 Å². The van der Waals surface area contributed by atoms with Gasteiger partial charge in [-0.3, -0.25) is 0 Å². The van der Waals surface area contributed by atoms with Crippen molar-refractivity contribution in [2.75, 3.05) is 7.11 Å². The maximum Gasteiger partial charge on any atom is 0.183 e. The second-order valence-electron chi connectivity index (χ2n) is 7.51. The summed E-state index contributed by atoms with van der Waals surface area (Å²) in [5.41, 5.74) is 3.57. The summed E-state index contributed by atoms with van der Waals surface area (Å²) in [6, 6.07) is 0. The molecular formula is C21H47OSi2. The summed E-state index contributed by atoms with van der Waals surface area (Å²) in [7, 11) is -0.159. The van der Waals surface area contributed by atoms with Crippen LogP contribution in [0, 0.1) is 0 Å². The van der Waals surface area contributed by atoms with Crippen molar-refractivity contribution >= 4 is 16.1 Å². The highest BCUT2D eigenvalue weighted by atomic mass is 29.2. The number of hydrogen-bond acceptors (Lipinski definition) is 1. The van der Waals surface area contributed by atoms with Crippen molar-refractivity contribution in [3.8, 4) is 0 Å². The fourth-order valence-corrected chi connectivity index (χ4v) is 26.4. The van der Waals surface area contributed by atoms with Crippen LogP contribution in [0.5, 0.6) is 0 Å². The lowest BCUT2D eigenvalue weighted by Gasteiger charge is -2.51. The van der Waals surface area contributed by atoms with Gasteiger partial charge in [-0.1, -0.05) is 107 Å². The van der Waals surface area contributed by atoms with E-state index in [1.54, 1.807) is 0 Å². The van der Waals surface area contributed by atoms with Gasteiger partial charge in [0.05, 0.1) is 8.31 Å². The lowest BCUT2D eigenvalue weighted by molar-refractivity contribution is 0.367. The molecule has 0 saturated heterocycles. The van der Waals surface area contributed by atoms with E-state index in [4.69, 9.17) is 4.43 Å². The van der Waals surface area contributed by atoms with Gasteiger partial charge >= 0.3 is 0 Å². The Hall–Kier alpha value is 0.394. The molecule has 0 aliphatic carbocycles. The molecule has 0 aromatic heterocycles. The third-order valence-corrected chi connectivity index (χ3v) is 24.1. The van der Waals surface area contributed by atoms with E-state index < -0.39 is 16.1 Å². The summed E-state index contributed by atoms with van der Waals surface area (Å²) >= 11 is 0. The van der Waals surface area contributed by atoms with Gasteiger partial charge in [0, 0.05) is 7.11 Å². The molecule has 0 aliphatic rings. The van der Waals surface area contributed by atoms with Crippen molar-refractivity contribution in [1.29, 1.82) is 0 Å². The molecule has 0 unspecified atom stereocenters. The topological polar surface area (TPSA) is 9.23 Å². The van der Waals surface area contributed by atoms with Crippen molar-refractivity contribution in [1.82, 2.24) is 0 Å². The minimum atomic E-state index is -1.77. The van der Waals surface area contributed by atoms with Gasteiger partial charge in [-0.2, -0.15) is 0 Å². The summed E-state index contributed by atoms with van der Waals surface area (Å²) in [5, 5.41) is 0. The smallest absolute Gasteiger partial charge is 0.183 e. The van der Waals surface area contributed by atoms with Crippen LogP contribution in [-0.4, -0.2) is 23.3 Å². The quantitative estimate of drug-likeness (QED) is 0.282. The van der Waals surface area contributed by atoms with Gasteiger partial charge in [0.2, 0.25) is 0 Å². The van der Waals surface area contributed by atoms with Crippen molar-refractivity contribution in [2.45, 2.75) is 129 Å². The van der Waals surface area contributed by atoms with Gasteiger partial charge in [0.1, 0.15) is 0 Å². The van der Waals surface area contributed by atoms with E-state index in [9.17, 15) is 0 Å². The highest BCUT2D eigenvalue weighted by molar-refractivity contribution is 7.32. The zero-order valence-corrected chi connectivity index (χ0v) is 20.4. The summed E-state index contributed by atoms with van der Waals surface area (Å²) in [6.07, 6.45) is 10.7. The maximum absolute atomic E-state index is 6.84. The Bertz CT molecular complexity index is 268. The van der Waals surface area contributed by atoms with E-state index in [-0.39, 0.29) is 0 Å². The van der Waals surface area contributed by atoms with Crippen molar-refractivity contribution in [3.05, 3.63) is 0 Å². The Morgan fingerprint density at radius 3 is 1.04 bits per heavy atom. The first-order valence-electron chi connectivity index (χ1n) is 10.9. The van der Waals surface area contributed by atoms with E-state index in [1.807, 2.05) is 0 Å². The molecule has 0 atom stereocenters. The van der Waals surface area contributed by atoms with E-state index in [2.05, 4.69) is 62.5 Å². The average molecular weight is 372 g/mol. The van der Waals surface area contributed by atoms with Crippen LogP contribution >= 0.6 is 0 Å². The molecule has 0 N–H and O–H groups in total. The van der Waals surface area contributed by atoms with Gasteiger partial charge < -0.3 is 4.43 Å². The van der Waals surface area contributed by atoms with Crippen molar-refractivity contribution < 1.29 is 4.43 Å². The first kappa shape index (κ1) is 24.4. The first-order chi connectivity index (χ1) is 11.5. The molecular weight excluding hydrogens is 324 g/mol. The molecule has 0 saturated carbocycles.